The van der Waals surface area contributed by atoms with Crippen molar-refractivity contribution in [2.75, 3.05) is 0 Å². The topological polar surface area (TPSA) is 26.1 Å². The molecule has 0 aliphatic carbocycles. The van der Waals surface area contributed by atoms with E-state index in [1.165, 1.54) is 0 Å². The minimum absolute atomic E-state index is 0.385. The second-order valence-electron chi connectivity index (χ2n) is 3.60. The molecular formula is C14H13NO. The van der Waals surface area contributed by atoms with Gasteiger partial charge in [0, 0.05) is 11.1 Å². The van der Waals surface area contributed by atoms with Gasteiger partial charge in [-0.25, -0.2) is 4.74 Å². The molecule has 0 heterocycles. The number of benzene rings is 2. The number of hydrogen-bond acceptors (Lipinski definition) is 1. The van der Waals surface area contributed by atoms with Gasteiger partial charge < -0.3 is 5.21 Å². The fourth-order valence-electron chi connectivity index (χ4n) is 1.51. The first-order valence-electron chi connectivity index (χ1n) is 5.22. The van der Waals surface area contributed by atoms with Gasteiger partial charge in [-0.1, -0.05) is 48.5 Å². The molecule has 2 heteroatoms. The molecule has 2 rings (SSSR count). The molecule has 0 atom stereocenters. The molecule has 0 bridgehead atoms. The van der Waals surface area contributed by atoms with Crippen molar-refractivity contribution in [2.24, 2.45) is 0 Å². The molecule has 0 spiro atoms. The maximum absolute atomic E-state index is 11.6. The Bertz CT molecular complexity index is 463. The van der Waals surface area contributed by atoms with Crippen molar-refractivity contribution in [3.63, 3.8) is 0 Å². The molecule has 0 aromatic heterocycles. The summed E-state index contributed by atoms with van der Waals surface area (Å²) in [5, 5.41) is 11.6. The predicted octanol–water partition coefficient (Wildman–Crippen LogP) is 2.82. The molecule has 2 nitrogen and oxygen atoms in total. The van der Waals surface area contributed by atoms with Crippen molar-refractivity contribution in [1.29, 1.82) is 0 Å². The van der Waals surface area contributed by atoms with E-state index in [1.807, 2.05) is 60.7 Å². The summed E-state index contributed by atoms with van der Waals surface area (Å²) in [6.45, 7) is 0.385. The third kappa shape index (κ3) is 2.95. The average molecular weight is 211 g/mol. The van der Waals surface area contributed by atoms with Crippen LogP contribution in [0, 0.1) is 5.21 Å². The van der Waals surface area contributed by atoms with Gasteiger partial charge in [-0.15, -0.1) is 0 Å². The van der Waals surface area contributed by atoms with Gasteiger partial charge in [0.2, 0.25) is 0 Å². The molecule has 0 amide bonds. The largest absolute Gasteiger partial charge is 0.624 e. The molecule has 0 radical (unpaired) electrons. The monoisotopic (exact) mass is 211 g/mol. The lowest BCUT2D eigenvalue weighted by molar-refractivity contribution is -0.469. The van der Waals surface area contributed by atoms with Crippen molar-refractivity contribution in [1.82, 2.24) is 0 Å². The van der Waals surface area contributed by atoms with Gasteiger partial charge in [0.05, 0.1) is 0 Å². The van der Waals surface area contributed by atoms with Crippen LogP contribution in [0.4, 0.5) is 0 Å². The predicted molar refractivity (Wildman–Crippen MR) is 65.4 cm³/mol. The quantitative estimate of drug-likeness (QED) is 0.332. The number of hydroxylamine groups is 1. The summed E-state index contributed by atoms with van der Waals surface area (Å²) < 4.78 is 0.949. The second-order valence-corrected chi connectivity index (χ2v) is 3.60. The smallest absolute Gasteiger partial charge is 0.182 e. The van der Waals surface area contributed by atoms with Crippen molar-refractivity contribution >= 4 is 6.21 Å². The molecule has 80 valence electrons. The van der Waals surface area contributed by atoms with Crippen LogP contribution in [0.1, 0.15) is 11.1 Å². The summed E-state index contributed by atoms with van der Waals surface area (Å²) in [5.74, 6) is 0. The van der Waals surface area contributed by atoms with Gasteiger partial charge in [-0.05, 0) is 12.1 Å². The summed E-state index contributed by atoms with van der Waals surface area (Å²) in [7, 11) is 0. The zero-order chi connectivity index (χ0) is 11.2. The Morgan fingerprint density at radius 3 is 2.06 bits per heavy atom. The Kier molecular flexibility index (Phi) is 3.34. The van der Waals surface area contributed by atoms with Crippen LogP contribution in [0.3, 0.4) is 0 Å². The highest BCUT2D eigenvalue weighted by atomic mass is 16.5. The van der Waals surface area contributed by atoms with E-state index in [9.17, 15) is 5.21 Å². The van der Waals surface area contributed by atoms with Crippen molar-refractivity contribution in [2.45, 2.75) is 6.54 Å². The first-order valence-corrected chi connectivity index (χ1v) is 5.22. The van der Waals surface area contributed by atoms with Crippen molar-refractivity contribution < 1.29 is 4.74 Å². The molecule has 0 saturated carbocycles. The van der Waals surface area contributed by atoms with Crippen LogP contribution in [0.2, 0.25) is 0 Å². The third-order valence-corrected chi connectivity index (χ3v) is 2.27. The summed E-state index contributed by atoms with van der Waals surface area (Å²) in [4.78, 5) is 0. The molecule has 0 fully saturated rings. The van der Waals surface area contributed by atoms with E-state index in [2.05, 4.69) is 0 Å². The summed E-state index contributed by atoms with van der Waals surface area (Å²) in [5.41, 5.74) is 1.94. The van der Waals surface area contributed by atoms with Crippen LogP contribution in [0.25, 0.3) is 0 Å². The number of hydrogen-bond donors (Lipinski definition) is 0. The van der Waals surface area contributed by atoms with Crippen molar-refractivity contribution in [3.05, 3.63) is 77.0 Å². The number of nitrogens with zero attached hydrogens (tertiary/aromatic N) is 1. The highest BCUT2D eigenvalue weighted by molar-refractivity contribution is 5.75. The molecule has 16 heavy (non-hydrogen) atoms. The molecule has 2 aromatic rings. The Morgan fingerprint density at radius 2 is 1.44 bits per heavy atom. The normalized spacial score (nSPS) is 11.4. The van der Waals surface area contributed by atoms with Gasteiger partial charge in [-0.2, -0.15) is 0 Å². The SMILES string of the molecule is [O-]/[N+](=C\c1ccccc1)Cc1ccccc1. The van der Waals surface area contributed by atoms with Crippen LogP contribution in [-0.4, -0.2) is 11.0 Å². The average Bonchev–Trinajstić information content (AvgIpc) is 2.31. The van der Waals surface area contributed by atoms with Crippen LogP contribution in [0.5, 0.6) is 0 Å². The molecule has 2 aromatic carbocycles. The van der Waals surface area contributed by atoms with E-state index in [0.29, 0.717) is 6.54 Å². The summed E-state index contributed by atoms with van der Waals surface area (Å²) in [6, 6.07) is 19.3. The van der Waals surface area contributed by atoms with Gasteiger partial charge in [0.15, 0.2) is 12.8 Å². The molecular weight excluding hydrogens is 198 g/mol. The van der Waals surface area contributed by atoms with Crippen LogP contribution in [-0.2, 0) is 6.54 Å². The van der Waals surface area contributed by atoms with Gasteiger partial charge in [-0.3, -0.25) is 0 Å². The van der Waals surface area contributed by atoms with Crippen LogP contribution in [0.15, 0.2) is 60.7 Å². The van der Waals surface area contributed by atoms with E-state index >= 15 is 0 Å². The number of rotatable bonds is 3. The fourth-order valence-corrected chi connectivity index (χ4v) is 1.51. The highest BCUT2D eigenvalue weighted by Crippen LogP contribution is 2.00. The Balaban J connectivity index is 2.09. The Labute approximate surface area is 95.1 Å². The van der Waals surface area contributed by atoms with E-state index < -0.39 is 0 Å². The van der Waals surface area contributed by atoms with E-state index in [0.717, 1.165) is 15.9 Å². The highest BCUT2D eigenvalue weighted by Gasteiger charge is 1.97. The van der Waals surface area contributed by atoms with E-state index in [-0.39, 0.29) is 0 Å². The first kappa shape index (κ1) is 10.4. The maximum atomic E-state index is 11.6. The first-order chi connectivity index (χ1) is 7.84. The zero-order valence-electron chi connectivity index (χ0n) is 8.91. The maximum Gasteiger partial charge on any atom is 0.182 e. The van der Waals surface area contributed by atoms with Gasteiger partial charge in [0.25, 0.3) is 0 Å². The summed E-state index contributed by atoms with van der Waals surface area (Å²) >= 11 is 0. The fraction of sp³-hybridized carbons (Fsp3) is 0.0714. The Morgan fingerprint density at radius 1 is 0.875 bits per heavy atom. The Hall–Kier alpha value is -2.09. The van der Waals surface area contributed by atoms with Gasteiger partial charge >= 0.3 is 0 Å². The standard InChI is InChI=1S/C14H13NO/c16-15(11-13-7-3-1-4-8-13)12-14-9-5-2-6-10-14/h1-11H,12H2/b15-11-. The lowest BCUT2D eigenvalue weighted by atomic mass is 10.2. The lowest BCUT2D eigenvalue weighted by Crippen LogP contribution is -2.05. The van der Waals surface area contributed by atoms with Crippen molar-refractivity contribution in [3.8, 4) is 0 Å². The van der Waals surface area contributed by atoms with Crippen LogP contribution >= 0.6 is 0 Å². The second kappa shape index (κ2) is 5.12. The van der Waals surface area contributed by atoms with Crippen LogP contribution < -0.4 is 0 Å². The zero-order valence-corrected chi connectivity index (χ0v) is 8.91. The molecule has 0 aliphatic rings. The van der Waals surface area contributed by atoms with E-state index in [1.54, 1.807) is 6.21 Å². The minimum Gasteiger partial charge on any atom is -0.624 e. The third-order valence-electron chi connectivity index (χ3n) is 2.27. The minimum atomic E-state index is 0.385. The molecule has 0 N–H and O–H groups in total. The lowest BCUT2D eigenvalue weighted by Gasteiger charge is -2.03. The van der Waals surface area contributed by atoms with E-state index in [4.69, 9.17) is 0 Å². The summed E-state index contributed by atoms with van der Waals surface area (Å²) in [6.07, 6.45) is 1.60. The molecule has 0 aliphatic heterocycles. The molecule has 0 saturated heterocycles. The molecule has 0 unspecified atom stereocenters. The van der Waals surface area contributed by atoms with Gasteiger partial charge in [0.1, 0.15) is 0 Å².